The summed E-state index contributed by atoms with van der Waals surface area (Å²) < 4.78 is 41.3. The highest BCUT2D eigenvalue weighted by atomic mass is 28.4. The van der Waals surface area contributed by atoms with Crippen LogP contribution < -0.4 is 10.4 Å². The van der Waals surface area contributed by atoms with Crippen LogP contribution in [0.3, 0.4) is 0 Å². The van der Waals surface area contributed by atoms with Gasteiger partial charge in [-0.15, -0.1) is 0 Å². The van der Waals surface area contributed by atoms with Crippen molar-refractivity contribution < 1.29 is 38.0 Å². The van der Waals surface area contributed by atoms with Gasteiger partial charge in [0, 0.05) is 14.2 Å². The second-order valence-corrected chi connectivity index (χ2v) is 15.3. The van der Waals surface area contributed by atoms with Crippen LogP contribution in [0.25, 0.3) is 0 Å². The van der Waals surface area contributed by atoms with E-state index in [1.165, 1.54) is 7.11 Å². The lowest BCUT2D eigenvalue weighted by Crippen LogP contribution is -2.67. The third-order valence-electron chi connectivity index (χ3n) is 6.77. The van der Waals surface area contributed by atoms with Crippen LogP contribution >= 0.6 is 0 Å². The highest BCUT2D eigenvalue weighted by Gasteiger charge is 2.51. The van der Waals surface area contributed by atoms with Crippen LogP contribution in [-0.2, 0) is 32.8 Å². The first-order valence-corrected chi connectivity index (χ1v) is 14.9. The first kappa shape index (κ1) is 30.9. The zero-order chi connectivity index (χ0) is 27.8. The molecule has 9 heteroatoms. The number of benzene rings is 2. The van der Waals surface area contributed by atoms with E-state index in [0.29, 0.717) is 0 Å². The summed E-state index contributed by atoms with van der Waals surface area (Å²) in [6.45, 7) is 10.6. The Balaban J connectivity index is 1.99. The minimum Gasteiger partial charge on any atom is -0.405 e. The molecule has 0 radical (unpaired) electrons. The SMILES string of the molecule is COCO[C@H]([C@H](O)[C@@H]1COC(C)(C)O1)[C@@H](CO[Si](c1ccccc1)(c1ccccc1)C(C)(C)C)OCOC. The molecular weight excluding hydrogens is 504 g/mol. The minimum atomic E-state index is -2.86. The Morgan fingerprint density at radius 1 is 0.921 bits per heavy atom. The van der Waals surface area contributed by atoms with Crippen LogP contribution in [0.2, 0.25) is 5.04 Å². The molecule has 0 spiro atoms. The van der Waals surface area contributed by atoms with Crippen molar-refractivity contribution >= 4 is 18.7 Å². The molecule has 2 aromatic rings. The first-order chi connectivity index (χ1) is 18.1. The average molecular weight is 549 g/mol. The molecule has 1 saturated heterocycles. The summed E-state index contributed by atoms with van der Waals surface area (Å²) in [6.07, 6.45) is -3.18. The molecule has 0 aromatic heterocycles. The van der Waals surface area contributed by atoms with Crippen molar-refractivity contribution in [3.63, 3.8) is 0 Å². The molecule has 1 heterocycles. The van der Waals surface area contributed by atoms with E-state index in [-0.39, 0.29) is 31.8 Å². The van der Waals surface area contributed by atoms with Gasteiger partial charge in [0.2, 0.25) is 0 Å². The summed E-state index contributed by atoms with van der Waals surface area (Å²) >= 11 is 0. The number of rotatable bonds is 14. The maximum absolute atomic E-state index is 11.4. The molecular formula is C29H44O8Si. The molecule has 212 valence electrons. The fourth-order valence-electron chi connectivity index (χ4n) is 5.03. The molecule has 0 saturated carbocycles. The lowest BCUT2D eigenvalue weighted by atomic mass is 10.0. The monoisotopic (exact) mass is 548 g/mol. The maximum Gasteiger partial charge on any atom is 0.261 e. The highest BCUT2D eigenvalue weighted by Crippen LogP contribution is 2.37. The van der Waals surface area contributed by atoms with Crippen molar-refractivity contribution in [3.05, 3.63) is 60.7 Å². The third kappa shape index (κ3) is 7.29. The zero-order valence-electron chi connectivity index (χ0n) is 23.7. The van der Waals surface area contributed by atoms with Gasteiger partial charge in [-0.2, -0.15) is 0 Å². The molecule has 1 aliphatic heterocycles. The Kier molecular flexibility index (Phi) is 11.1. The Hall–Kier alpha value is -1.66. The Morgan fingerprint density at radius 3 is 1.89 bits per heavy atom. The summed E-state index contributed by atoms with van der Waals surface area (Å²) in [5, 5.41) is 13.5. The Morgan fingerprint density at radius 2 is 1.45 bits per heavy atom. The molecule has 4 atom stereocenters. The summed E-state index contributed by atoms with van der Waals surface area (Å²) in [6, 6.07) is 20.7. The zero-order valence-corrected chi connectivity index (χ0v) is 24.7. The Labute approximate surface area is 228 Å². The van der Waals surface area contributed by atoms with Crippen molar-refractivity contribution in [2.24, 2.45) is 0 Å². The summed E-state index contributed by atoms with van der Waals surface area (Å²) in [5.41, 5.74) is 0. The highest BCUT2D eigenvalue weighted by molar-refractivity contribution is 6.99. The van der Waals surface area contributed by atoms with Crippen LogP contribution in [0.5, 0.6) is 0 Å². The lowest BCUT2D eigenvalue weighted by molar-refractivity contribution is -0.215. The Bertz CT molecular complexity index is 911. The largest absolute Gasteiger partial charge is 0.405 e. The van der Waals surface area contributed by atoms with E-state index in [1.54, 1.807) is 7.11 Å². The van der Waals surface area contributed by atoms with Crippen LogP contribution in [0.4, 0.5) is 0 Å². The molecule has 3 rings (SSSR count). The number of methoxy groups -OCH3 is 2. The van der Waals surface area contributed by atoms with Crippen LogP contribution in [0.1, 0.15) is 34.6 Å². The predicted molar refractivity (Wildman–Crippen MR) is 148 cm³/mol. The van der Waals surface area contributed by atoms with Crippen molar-refractivity contribution in [2.45, 2.75) is 69.9 Å². The van der Waals surface area contributed by atoms with Gasteiger partial charge in [-0.25, -0.2) is 0 Å². The number of ether oxygens (including phenoxy) is 6. The molecule has 1 N–H and O–H groups in total. The smallest absolute Gasteiger partial charge is 0.261 e. The second kappa shape index (κ2) is 13.6. The van der Waals surface area contributed by atoms with Gasteiger partial charge < -0.3 is 38.0 Å². The molecule has 1 aliphatic rings. The maximum atomic E-state index is 11.4. The van der Waals surface area contributed by atoms with Crippen LogP contribution in [-0.4, -0.2) is 84.6 Å². The summed E-state index contributed by atoms with van der Waals surface area (Å²) in [7, 11) is 0.224. The van der Waals surface area contributed by atoms with Gasteiger partial charge >= 0.3 is 0 Å². The molecule has 2 aromatic carbocycles. The van der Waals surface area contributed by atoms with E-state index < -0.39 is 38.5 Å². The molecule has 8 nitrogen and oxygen atoms in total. The quantitative estimate of drug-likeness (QED) is 0.285. The number of aliphatic hydroxyl groups is 1. The number of hydrogen-bond donors (Lipinski definition) is 1. The fourth-order valence-corrected chi connectivity index (χ4v) is 9.60. The van der Waals surface area contributed by atoms with Gasteiger partial charge in [0.1, 0.15) is 38.0 Å². The van der Waals surface area contributed by atoms with Gasteiger partial charge in [0.15, 0.2) is 5.79 Å². The minimum absolute atomic E-state index is 0.00184. The molecule has 0 amide bonds. The summed E-state index contributed by atoms with van der Waals surface area (Å²) in [4.78, 5) is 0. The topological polar surface area (TPSA) is 84.8 Å². The van der Waals surface area contributed by atoms with Crippen molar-refractivity contribution in [3.8, 4) is 0 Å². The molecule has 0 aliphatic carbocycles. The van der Waals surface area contributed by atoms with Gasteiger partial charge in [-0.3, -0.25) is 0 Å². The van der Waals surface area contributed by atoms with Gasteiger partial charge in [-0.1, -0.05) is 81.4 Å². The van der Waals surface area contributed by atoms with E-state index >= 15 is 0 Å². The number of hydrogen-bond acceptors (Lipinski definition) is 8. The fraction of sp³-hybridized carbons (Fsp3) is 0.586. The normalized spacial score (nSPS) is 20.3. The molecule has 1 fully saturated rings. The average Bonchev–Trinajstić information content (AvgIpc) is 3.27. The van der Waals surface area contributed by atoms with Crippen molar-refractivity contribution in [1.82, 2.24) is 0 Å². The first-order valence-electron chi connectivity index (χ1n) is 13.0. The van der Waals surface area contributed by atoms with Crippen LogP contribution in [0.15, 0.2) is 60.7 Å². The number of aliphatic hydroxyl groups excluding tert-OH is 1. The van der Waals surface area contributed by atoms with E-state index in [2.05, 4.69) is 45.0 Å². The van der Waals surface area contributed by atoms with E-state index in [1.807, 2.05) is 50.2 Å². The van der Waals surface area contributed by atoms with Gasteiger partial charge in [0.05, 0.1) is 13.2 Å². The van der Waals surface area contributed by atoms with Gasteiger partial charge in [-0.05, 0) is 29.3 Å². The van der Waals surface area contributed by atoms with E-state index in [4.69, 9.17) is 32.8 Å². The summed E-state index contributed by atoms with van der Waals surface area (Å²) in [5.74, 6) is -0.800. The van der Waals surface area contributed by atoms with Gasteiger partial charge in [0.25, 0.3) is 8.32 Å². The van der Waals surface area contributed by atoms with E-state index in [0.717, 1.165) is 10.4 Å². The lowest BCUT2D eigenvalue weighted by Gasteiger charge is -2.44. The van der Waals surface area contributed by atoms with Crippen molar-refractivity contribution in [2.75, 3.05) is 41.0 Å². The van der Waals surface area contributed by atoms with E-state index in [9.17, 15) is 5.11 Å². The standard InChI is InChI=1S/C29H44O8Si/c1-28(2,3)38(22-14-10-8-11-15-22,23-16-12-9-13-17-23)36-19-25(33-20-31-6)27(34-21-32-7)26(30)24-18-35-29(4,5)37-24/h8-17,24-27,30H,18-21H2,1-7H3/t24-,25+,26+,27-/m0/s1. The van der Waals surface area contributed by atoms with Crippen molar-refractivity contribution in [1.29, 1.82) is 0 Å². The molecule has 0 bridgehead atoms. The van der Waals surface area contributed by atoms with Crippen LogP contribution in [0, 0.1) is 0 Å². The molecule has 0 unspecified atom stereocenters. The molecule has 38 heavy (non-hydrogen) atoms. The third-order valence-corrected chi connectivity index (χ3v) is 11.8. The second-order valence-electron chi connectivity index (χ2n) is 11.0. The predicted octanol–water partition coefficient (Wildman–Crippen LogP) is 3.05.